The third-order valence-electron chi connectivity index (χ3n) is 3.68. The summed E-state index contributed by atoms with van der Waals surface area (Å²) in [5.41, 5.74) is 1.91. The van der Waals surface area contributed by atoms with E-state index >= 15 is 0 Å². The third kappa shape index (κ3) is 4.04. The molecule has 128 valence electrons. The van der Waals surface area contributed by atoms with Crippen molar-refractivity contribution in [1.82, 2.24) is 15.0 Å². The molecule has 1 amide bonds. The van der Waals surface area contributed by atoms with Gasteiger partial charge in [-0.25, -0.2) is 0 Å². The summed E-state index contributed by atoms with van der Waals surface area (Å²) in [7, 11) is 1.59. The Hall–Kier alpha value is -2.70. The van der Waals surface area contributed by atoms with E-state index in [1.54, 1.807) is 55.8 Å². The van der Waals surface area contributed by atoms with Crippen molar-refractivity contribution in [3.8, 4) is 11.3 Å². The Balaban J connectivity index is 1.68. The van der Waals surface area contributed by atoms with Crippen molar-refractivity contribution in [2.45, 2.75) is 12.6 Å². The predicted molar refractivity (Wildman–Crippen MR) is 92.6 cm³/mol. The second-order valence-corrected chi connectivity index (χ2v) is 6.01. The number of likely N-dealkylation sites (N-methyl/N-ethyl adjacent to an activating group) is 1. The highest BCUT2D eigenvalue weighted by Gasteiger charge is 2.22. The van der Waals surface area contributed by atoms with Gasteiger partial charge in [0.2, 0.25) is 0 Å². The minimum atomic E-state index is -1.29. The number of amides is 1. The van der Waals surface area contributed by atoms with Crippen LogP contribution in [0.3, 0.4) is 0 Å². The first kappa shape index (κ1) is 17.1. The number of halogens is 1. The van der Waals surface area contributed by atoms with Crippen LogP contribution in [0.25, 0.3) is 11.3 Å². The van der Waals surface area contributed by atoms with Crippen molar-refractivity contribution in [3.63, 3.8) is 0 Å². The number of pyridine rings is 1. The number of aliphatic hydroxyl groups is 1. The Bertz CT molecular complexity index is 867. The lowest BCUT2D eigenvalue weighted by Crippen LogP contribution is -2.31. The molecule has 0 fully saturated rings. The molecule has 7 heteroatoms. The smallest absolute Gasteiger partial charge is 0.256 e. The first-order chi connectivity index (χ1) is 12.0. The van der Waals surface area contributed by atoms with Crippen LogP contribution in [0.2, 0.25) is 5.02 Å². The Labute approximate surface area is 149 Å². The van der Waals surface area contributed by atoms with Crippen molar-refractivity contribution < 1.29 is 14.4 Å². The van der Waals surface area contributed by atoms with Gasteiger partial charge in [-0.1, -0.05) is 28.9 Å². The molecule has 0 bridgehead atoms. The van der Waals surface area contributed by atoms with Crippen LogP contribution in [0.5, 0.6) is 0 Å². The van der Waals surface area contributed by atoms with Crippen molar-refractivity contribution in [1.29, 1.82) is 0 Å². The molecule has 3 aromatic rings. The van der Waals surface area contributed by atoms with Gasteiger partial charge in [0.05, 0.1) is 6.54 Å². The zero-order chi connectivity index (χ0) is 17.8. The fourth-order valence-corrected chi connectivity index (χ4v) is 2.58. The summed E-state index contributed by atoms with van der Waals surface area (Å²) in [4.78, 5) is 17.8. The van der Waals surface area contributed by atoms with Gasteiger partial charge in [-0.3, -0.25) is 9.78 Å². The first-order valence-corrected chi connectivity index (χ1v) is 7.97. The van der Waals surface area contributed by atoms with Crippen LogP contribution < -0.4 is 0 Å². The molecular weight excluding hydrogens is 342 g/mol. The maximum atomic E-state index is 12.4. The molecule has 1 N–H and O–H groups in total. The van der Waals surface area contributed by atoms with Gasteiger partial charge in [-0.2, -0.15) is 0 Å². The van der Waals surface area contributed by atoms with E-state index in [1.807, 2.05) is 6.07 Å². The van der Waals surface area contributed by atoms with Crippen molar-refractivity contribution in [2.75, 3.05) is 7.05 Å². The Morgan fingerprint density at radius 3 is 2.88 bits per heavy atom. The van der Waals surface area contributed by atoms with Crippen LogP contribution in [0.15, 0.2) is 59.4 Å². The van der Waals surface area contributed by atoms with Crippen LogP contribution in [0.1, 0.15) is 17.4 Å². The number of carbonyl (C=O) groups excluding carboxylic acids is 1. The molecule has 0 unspecified atom stereocenters. The summed E-state index contributed by atoms with van der Waals surface area (Å²) in [6.45, 7) is 0.184. The summed E-state index contributed by atoms with van der Waals surface area (Å²) >= 11 is 5.90. The van der Waals surface area contributed by atoms with Crippen LogP contribution >= 0.6 is 11.6 Å². The average molecular weight is 358 g/mol. The lowest BCUT2D eigenvalue weighted by Gasteiger charge is -2.19. The van der Waals surface area contributed by atoms with E-state index in [9.17, 15) is 9.90 Å². The molecule has 2 aromatic heterocycles. The van der Waals surface area contributed by atoms with Gasteiger partial charge in [0, 0.05) is 36.1 Å². The fourth-order valence-electron chi connectivity index (χ4n) is 2.38. The molecule has 1 aromatic carbocycles. The van der Waals surface area contributed by atoms with Crippen molar-refractivity contribution in [3.05, 3.63) is 71.2 Å². The molecule has 6 nitrogen and oxygen atoms in total. The number of aromatic nitrogens is 2. The number of rotatable bonds is 5. The average Bonchev–Trinajstić information content (AvgIpc) is 3.09. The molecule has 0 saturated carbocycles. The van der Waals surface area contributed by atoms with Gasteiger partial charge in [-0.05, 0) is 29.8 Å². The number of nitrogens with zero attached hydrogens (tertiary/aromatic N) is 3. The second kappa shape index (κ2) is 7.46. The Morgan fingerprint density at radius 1 is 1.32 bits per heavy atom. The number of hydrogen-bond donors (Lipinski definition) is 1. The van der Waals surface area contributed by atoms with Gasteiger partial charge >= 0.3 is 0 Å². The minimum Gasteiger partial charge on any atom is -0.378 e. The normalized spacial score (nSPS) is 12.0. The molecule has 0 aliphatic carbocycles. The summed E-state index contributed by atoms with van der Waals surface area (Å²) in [5, 5.41) is 14.7. The molecule has 25 heavy (non-hydrogen) atoms. The quantitative estimate of drug-likeness (QED) is 0.759. The van der Waals surface area contributed by atoms with Gasteiger partial charge < -0.3 is 14.5 Å². The molecule has 0 aliphatic rings. The molecular formula is C18H16ClN3O3. The van der Waals surface area contributed by atoms with E-state index in [-0.39, 0.29) is 6.54 Å². The highest BCUT2D eigenvalue weighted by Crippen LogP contribution is 2.22. The van der Waals surface area contributed by atoms with E-state index in [1.165, 1.54) is 4.90 Å². The standard InChI is InChI=1S/C18H16ClN3O3/c1-22(18(24)17(23)12-4-2-6-14(19)8-12)11-15-9-16(21-25-15)13-5-3-7-20-10-13/h2-10,17,23H,11H2,1H3/t17-/m1/s1. The summed E-state index contributed by atoms with van der Waals surface area (Å²) in [6, 6.07) is 12.0. The summed E-state index contributed by atoms with van der Waals surface area (Å²) in [6.07, 6.45) is 2.07. The van der Waals surface area contributed by atoms with Gasteiger partial charge in [0.1, 0.15) is 5.69 Å². The molecule has 3 rings (SSSR count). The first-order valence-electron chi connectivity index (χ1n) is 7.59. The van der Waals surface area contributed by atoms with Gasteiger partial charge in [0.15, 0.2) is 11.9 Å². The molecule has 2 heterocycles. The molecule has 0 saturated heterocycles. The monoisotopic (exact) mass is 357 g/mol. The highest BCUT2D eigenvalue weighted by molar-refractivity contribution is 6.30. The maximum Gasteiger partial charge on any atom is 0.256 e. The number of hydrogen-bond acceptors (Lipinski definition) is 5. The summed E-state index contributed by atoms with van der Waals surface area (Å²) in [5.74, 6) is 0.0505. The lowest BCUT2D eigenvalue weighted by molar-refractivity contribution is -0.140. The largest absolute Gasteiger partial charge is 0.378 e. The van der Waals surface area contributed by atoms with E-state index in [0.717, 1.165) is 5.56 Å². The van der Waals surface area contributed by atoms with Gasteiger partial charge in [0.25, 0.3) is 5.91 Å². The number of carbonyl (C=O) groups is 1. The summed E-state index contributed by atoms with van der Waals surface area (Å²) < 4.78 is 5.27. The third-order valence-corrected chi connectivity index (χ3v) is 3.92. The number of benzene rings is 1. The van der Waals surface area contributed by atoms with E-state index < -0.39 is 12.0 Å². The van der Waals surface area contributed by atoms with E-state index in [4.69, 9.17) is 16.1 Å². The molecule has 1 atom stereocenters. The van der Waals surface area contributed by atoms with Crippen LogP contribution in [-0.4, -0.2) is 33.1 Å². The fraction of sp³-hybridized carbons (Fsp3) is 0.167. The predicted octanol–water partition coefficient (Wildman–Crippen LogP) is 3.08. The van der Waals surface area contributed by atoms with Crippen molar-refractivity contribution >= 4 is 17.5 Å². The van der Waals surface area contributed by atoms with E-state index in [0.29, 0.717) is 22.0 Å². The lowest BCUT2D eigenvalue weighted by atomic mass is 10.1. The topological polar surface area (TPSA) is 79.5 Å². The van der Waals surface area contributed by atoms with Crippen LogP contribution in [0.4, 0.5) is 0 Å². The molecule has 0 radical (unpaired) electrons. The minimum absolute atomic E-state index is 0.184. The Morgan fingerprint density at radius 2 is 2.16 bits per heavy atom. The maximum absolute atomic E-state index is 12.4. The van der Waals surface area contributed by atoms with Crippen LogP contribution in [0, 0.1) is 0 Å². The zero-order valence-electron chi connectivity index (χ0n) is 13.5. The SMILES string of the molecule is CN(Cc1cc(-c2cccnc2)no1)C(=O)[C@H](O)c1cccc(Cl)c1. The Kier molecular flexibility index (Phi) is 5.11. The van der Waals surface area contributed by atoms with Crippen molar-refractivity contribution in [2.24, 2.45) is 0 Å². The van der Waals surface area contributed by atoms with Gasteiger partial charge in [-0.15, -0.1) is 0 Å². The zero-order valence-corrected chi connectivity index (χ0v) is 14.2. The van der Waals surface area contributed by atoms with Crippen LogP contribution in [-0.2, 0) is 11.3 Å². The highest BCUT2D eigenvalue weighted by atomic mass is 35.5. The molecule has 0 aliphatic heterocycles. The van der Waals surface area contributed by atoms with E-state index in [2.05, 4.69) is 10.1 Å². The molecule has 0 spiro atoms. The second-order valence-electron chi connectivity index (χ2n) is 5.57. The number of aliphatic hydroxyl groups excluding tert-OH is 1.